The lowest BCUT2D eigenvalue weighted by Gasteiger charge is -2.12. The van der Waals surface area contributed by atoms with Gasteiger partial charge in [-0.25, -0.2) is 4.98 Å². The number of nitrogens with zero attached hydrogens (tertiary/aromatic N) is 2. The summed E-state index contributed by atoms with van der Waals surface area (Å²) in [5, 5.41) is 13.1. The molecule has 0 saturated heterocycles. The second kappa shape index (κ2) is 9.11. The molecule has 0 fully saturated rings. The van der Waals surface area contributed by atoms with E-state index in [-0.39, 0.29) is 17.3 Å². The maximum Gasteiger partial charge on any atom is 0.434 e. The Bertz CT molecular complexity index is 1120. The molecule has 0 unspecified atom stereocenters. The highest BCUT2D eigenvalue weighted by Crippen LogP contribution is 2.30. The Morgan fingerprint density at radius 1 is 1.23 bits per heavy atom. The van der Waals surface area contributed by atoms with Crippen LogP contribution in [0.25, 0.3) is 6.08 Å². The van der Waals surface area contributed by atoms with Crippen LogP contribution in [0.3, 0.4) is 0 Å². The van der Waals surface area contributed by atoms with Gasteiger partial charge in [-0.3, -0.25) is 15.2 Å². The molecule has 4 N–H and O–H groups in total. The molecule has 3 aromatic rings. The monoisotopic (exact) mass is 430 g/mol. The van der Waals surface area contributed by atoms with E-state index in [1.54, 1.807) is 13.2 Å². The molecule has 160 valence electrons. The highest BCUT2D eigenvalue weighted by Gasteiger charge is 2.36. The first kappa shape index (κ1) is 21.6. The summed E-state index contributed by atoms with van der Waals surface area (Å²) in [7, 11) is 1.73. The zero-order valence-electron chi connectivity index (χ0n) is 16.1. The van der Waals surface area contributed by atoms with Crippen molar-refractivity contribution in [3.8, 4) is 5.75 Å². The van der Waals surface area contributed by atoms with E-state index in [1.807, 2.05) is 0 Å². The fraction of sp³-hybridized carbons (Fsp3) is 0.100. The Morgan fingerprint density at radius 3 is 2.74 bits per heavy atom. The lowest BCUT2D eigenvalue weighted by Crippen LogP contribution is -2.20. The van der Waals surface area contributed by atoms with Gasteiger partial charge in [-0.1, -0.05) is 6.07 Å². The number of alkyl halides is 3. The normalized spacial score (nSPS) is 11.4. The van der Waals surface area contributed by atoms with E-state index in [9.17, 15) is 18.0 Å². The minimum Gasteiger partial charge on any atom is -0.440 e. The Hall–Kier alpha value is -4.15. The van der Waals surface area contributed by atoms with Crippen LogP contribution in [0.2, 0.25) is 0 Å². The summed E-state index contributed by atoms with van der Waals surface area (Å²) in [6, 6.07) is 8.22. The summed E-state index contributed by atoms with van der Waals surface area (Å²) in [5.41, 5.74) is -1.68. The fourth-order valence-corrected chi connectivity index (χ4v) is 2.51. The second-order valence-corrected chi connectivity index (χ2v) is 6.11. The van der Waals surface area contributed by atoms with Crippen LogP contribution in [-0.4, -0.2) is 33.8 Å². The standard InChI is InChI=1S/C20H17F3N6O2/c1-25-17-11-27-16(29-17)8-7-15(24)31-13-5-2-4-12(10-13)28-19(30)14-6-3-9-26-18(14)20(21,22)23/h2-11,24-25H,1H3,(H,27,29)(H,28,30)/b8-7-,24-15?. The van der Waals surface area contributed by atoms with Gasteiger partial charge in [0, 0.05) is 31.1 Å². The van der Waals surface area contributed by atoms with E-state index in [2.05, 4.69) is 25.6 Å². The van der Waals surface area contributed by atoms with E-state index in [4.69, 9.17) is 10.1 Å². The topological polar surface area (TPSA) is 116 Å². The number of carbonyl (C=O) groups excluding carboxylic acids is 1. The van der Waals surface area contributed by atoms with Crippen LogP contribution < -0.4 is 15.4 Å². The van der Waals surface area contributed by atoms with E-state index < -0.39 is 23.3 Å². The van der Waals surface area contributed by atoms with Gasteiger partial charge < -0.3 is 20.4 Å². The largest absolute Gasteiger partial charge is 0.440 e. The summed E-state index contributed by atoms with van der Waals surface area (Å²) in [5.74, 6) is 0.252. The lowest BCUT2D eigenvalue weighted by atomic mass is 10.1. The number of benzene rings is 1. The van der Waals surface area contributed by atoms with Crippen molar-refractivity contribution >= 4 is 29.4 Å². The Morgan fingerprint density at radius 2 is 2.03 bits per heavy atom. The number of carbonyl (C=O) groups is 1. The number of nitrogens with one attached hydrogen (secondary N) is 4. The van der Waals surface area contributed by atoms with Crippen molar-refractivity contribution in [3.05, 3.63) is 71.9 Å². The molecule has 11 heteroatoms. The molecule has 0 atom stereocenters. The average molecular weight is 430 g/mol. The number of aromatic amines is 1. The van der Waals surface area contributed by atoms with E-state index >= 15 is 0 Å². The van der Waals surface area contributed by atoms with Crippen molar-refractivity contribution in [2.75, 3.05) is 17.7 Å². The van der Waals surface area contributed by atoms with Crippen LogP contribution in [0, 0.1) is 5.41 Å². The predicted octanol–water partition coefficient (Wildman–Crippen LogP) is 4.19. The molecule has 0 saturated carbocycles. The molecule has 0 aliphatic carbocycles. The number of H-pyrrole nitrogens is 1. The first-order valence-electron chi connectivity index (χ1n) is 8.87. The number of pyridine rings is 1. The highest BCUT2D eigenvalue weighted by atomic mass is 19.4. The molecule has 0 radical (unpaired) electrons. The fourth-order valence-electron chi connectivity index (χ4n) is 2.51. The van der Waals surface area contributed by atoms with Crippen molar-refractivity contribution in [1.29, 1.82) is 5.41 Å². The van der Waals surface area contributed by atoms with Gasteiger partial charge in [-0.15, -0.1) is 0 Å². The summed E-state index contributed by atoms with van der Waals surface area (Å²) >= 11 is 0. The zero-order valence-corrected chi connectivity index (χ0v) is 16.1. The third-order valence-electron chi connectivity index (χ3n) is 3.90. The number of halogens is 3. The third-order valence-corrected chi connectivity index (χ3v) is 3.90. The molecular weight excluding hydrogens is 413 g/mol. The van der Waals surface area contributed by atoms with Crippen LogP contribution in [0.5, 0.6) is 5.75 Å². The molecule has 1 aromatic carbocycles. The number of amides is 1. The van der Waals surface area contributed by atoms with Gasteiger partial charge in [-0.05, 0) is 30.3 Å². The maximum absolute atomic E-state index is 13.1. The van der Waals surface area contributed by atoms with E-state index in [0.717, 1.165) is 12.3 Å². The quantitative estimate of drug-likeness (QED) is 0.346. The molecule has 0 bridgehead atoms. The third kappa shape index (κ3) is 5.69. The average Bonchev–Trinajstić information content (AvgIpc) is 3.20. The number of hydrogen-bond donors (Lipinski definition) is 4. The van der Waals surface area contributed by atoms with Crippen molar-refractivity contribution in [3.63, 3.8) is 0 Å². The maximum atomic E-state index is 13.1. The van der Waals surface area contributed by atoms with E-state index in [1.165, 1.54) is 42.5 Å². The molecule has 3 rings (SSSR count). The minimum absolute atomic E-state index is 0.195. The molecule has 31 heavy (non-hydrogen) atoms. The van der Waals surface area contributed by atoms with Crippen molar-refractivity contribution < 1.29 is 22.7 Å². The van der Waals surface area contributed by atoms with Crippen molar-refractivity contribution in [1.82, 2.24) is 15.0 Å². The van der Waals surface area contributed by atoms with Gasteiger partial charge >= 0.3 is 6.18 Å². The van der Waals surface area contributed by atoms with Crippen molar-refractivity contribution in [2.45, 2.75) is 6.18 Å². The molecule has 0 spiro atoms. The van der Waals surface area contributed by atoms with Gasteiger partial charge in [0.1, 0.15) is 17.4 Å². The Balaban J connectivity index is 1.68. The van der Waals surface area contributed by atoms with Crippen LogP contribution >= 0.6 is 0 Å². The van der Waals surface area contributed by atoms with Crippen molar-refractivity contribution in [2.24, 2.45) is 0 Å². The molecule has 2 aromatic heterocycles. The van der Waals surface area contributed by atoms with Gasteiger partial charge in [0.05, 0.1) is 11.8 Å². The zero-order chi connectivity index (χ0) is 22.4. The van der Waals surface area contributed by atoms with Gasteiger partial charge in [-0.2, -0.15) is 13.2 Å². The lowest BCUT2D eigenvalue weighted by molar-refractivity contribution is -0.141. The second-order valence-electron chi connectivity index (χ2n) is 6.11. The smallest absolute Gasteiger partial charge is 0.434 e. The summed E-state index contributed by atoms with van der Waals surface area (Å²) in [6.45, 7) is 0. The van der Waals surface area contributed by atoms with Gasteiger partial charge in [0.15, 0.2) is 5.69 Å². The molecule has 2 heterocycles. The van der Waals surface area contributed by atoms with Crippen LogP contribution in [0.1, 0.15) is 21.9 Å². The summed E-state index contributed by atoms with van der Waals surface area (Å²) < 4.78 is 44.6. The van der Waals surface area contributed by atoms with Crippen LogP contribution in [-0.2, 0) is 6.18 Å². The molecule has 0 aliphatic heterocycles. The first-order valence-corrected chi connectivity index (χ1v) is 8.87. The minimum atomic E-state index is -4.76. The number of aromatic nitrogens is 3. The Kier molecular flexibility index (Phi) is 6.34. The van der Waals surface area contributed by atoms with Crippen LogP contribution in [0.15, 0.2) is 54.9 Å². The molecule has 0 aliphatic rings. The molecule has 1 amide bonds. The molecule has 8 nitrogen and oxygen atoms in total. The van der Waals surface area contributed by atoms with Gasteiger partial charge in [0.2, 0.25) is 5.90 Å². The predicted molar refractivity (Wildman–Crippen MR) is 109 cm³/mol. The number of rotatable bonds is 6. The number of anilines is 2. The number of hydrogen-bond acceptors (Lipinski definition) is 6. The molecular formula is C20H17F3N6O2. The Labute approximate surface area is 174 Å². The number of ether oxygens (including phenoxy) is 1. The van der Waals surface area contributed by atoms with E-state index in [0.29, 0.717) is 11.6 Å². The SMILES string of the molecule is CNc1cnc(/C=C\C(=N)Oc2cccc(NC(=O)c3cccnc3C(F)(F)F)c2)[nH]1. The number of imidazole rings is 1. The van der Waals surface area contributed by atoms with Gasteiger partial charge in [0.25, 0.3) is 5.91 Å². The van der Waals surface area contributed by atoms with Crippen LogP contribution in [0.4, 0.5) is 24.7 Å². The summed E-state index contributed by atoms with van der Waals surface area (Å²) in [6.07, 6.45) is 0.700. The highest BCUT2D eigenvalue weighted by molar-refractivity contribution is 6.05. The first-order chi connectivity index (χ1) is 14.8. The summed E-state index contributed by atoms with van der Waals surface area (Å²) in [4.78, 5) is 22.6.